The molecule has 0 saturated carbocycles. The lowest BCUT2D eigenvalue weighted by Crippen LogP contribution is -2.48. The smallest absolute Gasteiger partial charge is 0.266 e. The van der Waals surface area contributed by atoms with Gasteiger partial charge in [-0.15, -0.1) is 5.10 Å². The molecule has 0 spiro atoms. The van der Waals surface area contributed by atoms with E-state index in [0.29, 0.717) is 12.4 Å². The van der Waals surface area contributed by atoms with Gasteiger partial charge in [-0.1, -0.05) is 0 Å². The molecule has 0 unspecified atom stereocenters. The van der Waals surface area contributed by atoms with E-state index in [1.807, 2.05) is 26.0 Å². The predicted octanol–water partition coefficient (Wildman–Crippen LogP) is 0.658. The van der Waals surface area contributed by atoms with E-state index < -0.39 is 0 Å². The maximum absolute atomic E-state index is 12.2. The lowest BCUT2D eigenvalue weighted by molar-refractivity contribution is 0.241. The van der Waals surface area contributed by atoms with Gasteiger partial charge >= 0.3 is 0 Å². The first-order chi connectivity index (χ1) is 13.6. The summed E-state index contributed by atoms with van der Waals surface area (Å²) >= 11 is 0. The summed E-state index contributed by atoms with van der Waals surface area (Å²) in [5, 5.41) is 8.96. The standard InChI is InChI=1S/C19H24N8O/c1-15-14-16(2)27(22-15)17-4-5-18(28)26(23-17)13-10-24-8-11-25(12-9-24)19-20-6-3-7-21-19/h3-7,14H,8-13H2,1-2H3. The number of aryl methyl sites for hydroxylation is 2. The summed E-state index contributed by atoms with van der Waals surface area (Å²) in [6.45, 7) is 8.81. The molecule has 9 nitrogen and oxygen atoms in total. The Kier molecular flexibility index (Phi) is 5.16. The summed E-state index contributed by atoms with van der Waals surface area (Å²) in [5.74, 6) is 1.44. The van der Waals surface area contributed by atoms with Gasteiger partial charge in [0.1, 0.15) is 0 Å². The Morgan fingerprint density at radius 3 is 2.39 bits per heavy atom. The predicted molar refractivity (Wildman–Crippen MR) is 106 cm³/mol. The Bertz CT molecular complexity index is 989. The zero-order chi connectivity index (χ0) is 19.5. The van der Waals surface area contributed by atoms with Crippen molar-refractivity contribution in [2.45, 2.75) is 20.4 Å². The molecular formula is C19H24N8O. The van der Waals surface area contributed by atoms with Crippen molar-refractivity contribution in [2.24, 2.45) is 0 Å². The third-order valence-corrected chi connectivity index (χ3v) is 4.91. The molecule has 1 aliphatic heterocycles. The van der Waals surface area contributed by atoms with Crippen LogP contribution in [-0.4, -0.2) is 67.2 Å². The fourth-order valence-electron chi connectivity index (χ4n) is 3.43. The number of anilines is 1. The molecule has 0 atom stereocenters. The second-order valence-electron chi connectivity index (χ2n) is 6.97. The third kappa shape index (κ3) is 3.94. The Hall–Kier alpha value is -3.07. The quantitative estimate of drug-likeness (QED) is 0.643. The molecule has 4 rings (SSSR count). The lowest BCUT2D eigenvalue weighted by atomic mass is 10.3. The Morgan fingerprint density at radius 1 is 0.964 bits per heavy atom. The van der Waals surface area contributed by atoms with Gasteiger partial charge in [-0.25, -0.2) is 19.3 Å². The third-order valence-electron chi connectivity index (χ3n) is 4.91. The van der Waals surface area contributed by atoms with Crippen molar-refractivity contribution in [2.75, 3.05) is 37.6 Å². The molecule has 4 heterocycles. The summed E-state index contributed by atoms with van der Waals surface area (Å²) in [6.07, 6.45) is 3.53. The second kappa shape index (κ2) is 7.89. The Labute approximate surface area is 163 Å². The number of rotatable bonds is 5. The first-order valence-corrected chi connectivity index (χ1v) is 9.46. The molecule has 146 valence electrons. The number of nitrogens with zero attached hydrogens (tertiary/aromatic N) is 8. The van der Waals surface area contributed by atoms with Crippen LogP contribution in [0, 0.1) is 13.8 Å². The van der Waals surface area contributed by atoms with E-state index in [0.717, 1.165) is 50.1 Å². The van der Waals surface area contributed by atoms with Gasteiger partial charge in [-0.3, -0.25) is 9.69 Å². The van der Waals surface area contributed by atoms with Crippen LogP contribution in [0.5, 0.6) is 0 Å². The first kappa shape index (κ1) is 18.3. The van der Waals surface area contributed by atoms with Gasteiger partial charge < -0.3 is 4.90 Å². The van der Waals surface area contributed by atoms with Crippen molar-refractivity contribution in [1.82, 2.24) is 34.4 Å². The molecule has 0 aromatic carbocycles. The molecule has 0 aliphatic carbocycles. The maximum atomic E-state index is 12.2. The van der Waals surface area contributed by atoms with Crippen molar-refractivity contribution < 1.29 is 0 Å². The van der Waals surface area contributed by atoms with Crippen LogP contribution in [0.15, 0.2) is 41.5 Å². The van der Waals surface area contributed by atoms with Crippen LogP contribution in [0.1, 0.15) is 11.4 Å². The summed E-state index contributed by atoms with van der Waals surface area (Å²) in [4.78, 5) is 25.4. The zero-order valence-corrected chi connectivity index (χ0v) is 16.2. The van der Waals surface area contributed by atoms with Crippen molar-refractivity contribution in [1.29, 1.82) is 0 Å². The monoisotopic (exact) mass is 380 g/mol. The fourth-order valence-corrected chi connectivity index (χ4v) is 3.43. The molecule has 28 heavy (non-hydrogen) atoms. The van der Waals surface area contributed by atoms with E-state index in [1.165, 1.54) is 4.68 Å². The summed E-state index contributed by atoms with van der Waals surface area (Å²) < 4.78 is 3.29. The van der Waals surface area contributed by atoms with Crippen molar-refractivity contribution >= 4 is 5.95 Å². The number of aromatic nitrogens is 6. The average Bonchev–Trinajstić information content (AvgIpc) is 3.06. The largest absolute Gasteiger partial charge is 0.338 e. The number of hydrogen-bond donors (Lipinski definition) is 0. The van der Waals surface area contributed by atoms with E-state index in [1.54, 1.807) is 29.2 Å². The Morgan fingerprint density at radius 2 is 1.71 bits per heavy atom. The first-order valence-electron chi connectivity index (χ1n) is 9.46. The van der Waals surface area contributed by atoms with Gasteiger partial charge in [0.15, 0.2) is 5.82 Å². The van der Waals surface area contributed by atoms with E-state index in [-0.39, 0.29) is 5.56 Å². The van der Waals surface area contributed by atoms with E-state index in [2.05, 4.69) is 30.0 Å². The molecule has 9 heteroatoms. The van der Waals surface area contributed by atoms with Gasteiger partial charge in [0, 0.05) is 56.9 Å². The molecule has 0 N–H and O–H groups in total. The summed E-state index contributed by atoms with van der Waals surface area (Å²) in [7, 11) is 0. The van der Waals surface area contributed by atoms with Crippen LogP contribution < -0.4 is 10.5 Å². The highest BCUT2D eigenvalue weighted by Gasteiger charge is 2.18. The number of piperazine rings is 1. The van der Waals surface area contributed by atoms with Crippen molar-refractivity contribution in [3.8, 4) is 5.82 Å². The van der Waals surface area contributed by atoms with Gasteiger partial charge in [0.2, 0.25) is 5.95 Å². The zero-order valence-electron chi connectivity index (χ0n) is 16.2. The normalized spacial score (nSPS) is 15.1. The van der Waals surface area contributed by atoms with Gasteiger partial charge in [0.25, 0.3) is 5.56 Å². The van der Waals surface area contributed by atoms with Crippen LogP contribution in [0.25, 0.3) is 5.82 Å². The van der Waals surface area contributed by atoms with Crippen LogP contribution in [0.3, 0.4) is 0 Å². The molecule has 1 saturated heterocycles. The van der Waals surface area contributed by atoms with Crippen LogP contribution in [0.2, 0.25) is 0 Å². The summed E-state index contributed by atoms with van der Waals surface area (Å²) in [6, 6.07) is 7.10. The topological polar surface area (TPSA) is 85.0 Å². The average molecular weight is 380 g/mol. The van der Waals surface area contributed by atoms with Crippen molar-refractivity contribution in [3.05, 3.63) is 58.4 Å². The van der Waals surface area contributed by atoms with Gasteiger partial charge in [-0.2, -0.15) is 5.10 Å². The molecule has 1 aliphatic rings. The van der Waals surface area contributed by atoms with Gasteiger partial charge in [-0.05, 0) is 32.0 Å². The van der Waals surface area contributed by atoms with E-state index in [9.17, 15) is 4.79 Å². The van der Waals surface area contributed by atoms with E-state index >= 15 is 0 Å². The van der Waals surface area contributed by atoms with Crippen LogP contribution in [0.4, 0.5) is 5.95 Å². The fraction of sp³-hybridized carbons (Fsp3) is 0.421. The molecule has 0 radical (unpaired) electrons. The highest BCUT2D eigenvalue weighted by molar-refractivity contribution is 5.29. The molecule has 0 amide bonds. The van der Waals surface area contributed by atoms with Gasteiger partial charge in [0.05, 0.1) is 12.2 Å². The summed E-state index contributed by atoms with van der Waals surface area (Å²) in [5.41, 5.74) is 1.83. The highest BCUT2D eigenvalue weighted by Crippen LogP contribution is 2.10. The SMILES string of the molecule is Cc1cc(C)n(-c2ccc(=O)n(CCN3CCN(c4ncccn4)CC3)n2)n1. The highest BCUT2D eigenvalue weighted by atomic mass is 16.1. The van der Waals surface area contributed by atoms with E-state index in [4.69, 9.17) is 0 Å². The lowest BCUT2D eigenvalue weighted by Gasteiger charge is -2.34. The minimum atomic E-state index is -0.0957. The number of hydrogen-bond acceptors (Lipinski definition) is 7. The molecule has 1 fully saturated rings. The van der Waals surface area contributed by atoms with Crippen LogP contribution >= 0.6 is 0 Å². The minimum absolute atomic E-state index is 0.0957. The maximum Gasteiger partial charge on any atom is 0.266 e. The molecule has 3 aromatic rings. The molecule has 0 bridgehead atoms. The van der Waals surface area contributed by atoms with Crippen LogP contribution in [-0.2, 0) is 6.54 Å². The Balaban J connectivity index is 1.38. The minimum Gasteiger partial charge on any atom is -0.338 e. The van der Waals surface area contributed by atoms with Crippen molar-refractivity contribution in [3.63, 3.8) is 0 Å². The second-order valence-corrected chi connectivity index (χ2v) is 6.97. The molecular weight excluding hydrogens is 356 g/mol. The molecule has 3 aromatic heterocycles.